The van der Waals surface area contributed by atoms with Crippen LogP contribution in [0, 0.1) is 0 Å². The van der Waals surface area contributed by atoms with Gasteiger partial charge < -0.3 is 0 Å². The van der Waals surface area contributed by atoms with E-state index in [0.717, 1.165) is 27.6 Å². The molecule has 0 aromatic heterocycles. The van der Waals surface area contributed by atoms with Crippen molar-refractivity contribution < 1.29 is 4.79 Å². The molecule has 2 heteroatoms. The predicted octanol–water partition coefficient (Wildman–Crippen LogP) is 4.51. The molecule has 0 amide bonds. The Morgan fingerprint density at radius 2 is 2.00 bits per heavy atom. The molecule has 0 fully saturated rings. The molecule has 0 unspecified atom stereocenters. The Labute approximate surface area is 110 Å². The lowest BCUT2D eigenvalue weighted by atomic mass is 10.1. The molecule has 0 bridgehead atoms. The number of hydrogen-bond donors (Lipinski definition) is 0. The fourth-order valence-corrected chi connectivity index (χ4v) is 2.47. The smallest absolute Gasteiger partial charge is 0.194 e. The first-order valence-corrected chi connectivity index (χ1v) is 6.35. The molecule has 0 saturated heterocycles. The van der Waals surface area contributed by atoms with E-state index >= 15 is 0 Å². The van der Waals surface area contributed by atoms with Crippen LogP contribution >= 0.6 is 15.9 Å². The molecule has 0 heterocycles. The summed E-state index contributed by atoms with van der Waals surface area (Å²) in [5, 5.41) is 0. The number of Topliss-reactive ketones (excluding diaryl/α,β-unsaturated/α-hetero) is 1. The Balaban J connectivity index is 2.47. The van der Waals surface area contributed by atoms with E-state index in [1.807, 2.05) is 36.4 Å². The minimum Gasteiger partial charge on any atom is -0.289 e. The molecule has 17 heavy (non-hydrogen) atoms. The second-order valence-electron chi connectivity index (χ2n) is 3.91. The molecule has 0 spiro atoms. The Morgan fingerprint density at radius 3 is 2.59 bits per heavy atom. The van der Waals surface area contributed by atoms with Gasteiger partial charge in [-0.15, -0.1) is 0 Å². The normalized spacial score (nSPS) is 17.8. The molecule has 0 saturated carbocycles. The summed E-state index contributed by atoms with van der Waals surface area (Å²) in [5.74, 6) is 0.0621. The zero-order chi connectivity index (χ0) is 12.4. The average molecular weight is 289 g/mol. The Kier molecular flexibility index (Phi) is 3.43. The molecule has 1 aromatic carbocycles. The van der Waals surface area contributed by atoms with Gasteiger partial charge in [0.2, 0.25) is 0 Å². The second-order valence-corrected chi connectivity index (χ2v) is 4.82. The maximum absolute atomic E-state index is 12.2. The van der Waals surface area contributed by atoms with Crippen molar-refractivity contribution in [3.8, 4) is 0 Å². The van der Waals surface area contributed by atoms with Gasteiger partial charge in [-0.3, -0.25) is 4.79 Å². The number of allylic oxidation sites excluding steroid dienone is 5. The van der Waals surface area contributed by atoms with Crippen LogP contribution in [0.2, 0.25) is 0 Å². The first-order chi connectivity index (χ1) is 8.15. The van der Waals surface area contributed by atoms with Crippen molar-refractivity contribution >= 4 is 27.3 Å². The van der Waals surface area contributed by atoms with Gasteiger partial charge >= 0.3 is 0 Å². The topological polar surface area (TPSA) is 17.1 Å². The monoisotopic (exact) mass is 288 g/mol. The lowest BCUT2D eigenvalue weighted by Gasteiger charge is -1.97. The summed E-state index contributed by atoms with van der Waals surface area (Å²) < 4.78 is 0.928. The van der Waals surface area contributed by atoms with Gasteiger partial charge in [-0.1, -0.05) is 59.8 Å². The van der Waals surface area contributed by atoms with Crippen molar-refractivity contribution in [2.45, 2.75) is 13.3 Å². The van der Waals surface area contributed by atoms with Gasteiger partial charge in [-0.25, -0.2) is 0 Å². The zero-order valence-corrected chi connectivity index (χ0v) is 11.3. The molecule has 2 rings (SSSR count). The van der Waals surface area contributed by atoms with E-state index in [0.29, 0.717) is 5.57 Å². The van der Waals surface area contributed by atoms with Crippen LogP contribution in [0.15, 0.2) is 53.1 Å². The van der Waals surface area contributed by atoms with Crippen molar-refractivity contribution in [2.24, 2.45) is 0 Å². The van der Waals surface area contributed by atoms with E-state index in [1.54, 1.807) is 0 Å². The predicted molar refractivity (Wildman–Crippen MR) is 75.2 cm³/mol. The molecule has 1 nitrogen and oxygen atoms in total. The molecule has 1 aliphatic carbocycles. The largest absolute Gasteiger partial charge is 0.289 e. The summed E-state index contributed by atoms with van der Waals surface area (Å²) in [4.78, 5) is 12.2. The standard InChI is InChI=1S/C15H13BrO/c1-3-6-11(16)9-14-10(2)12-7-4-5-8-13(12)15(14)17/h4-9H,2-3H2,1H3/b11-6+,14-9+. The van der Waals surface area contributed by atoms with E-state index in [4.69, 9.17) is 0 Å². The van der Waals surface area contributed by atoms with Crippen LogP contribution < -0.4 is 0 Å². The van der Waals surface area contributed by atoms with Crippen molar-refractivity contribution in [1.82, 2.24) is 0 Å². The minimum atomic E-state index is 0.0621. The van der Waals surface area contributed by atoms with Gasteiger partial charge in [-0.05, 0) is 23.6 Å². The lowest BCUT2D eigenvalue weighted by molar-refractivity contribution is 0.104. The van der Waals surface area contributed by atoms with Crippen molar-refractivity contribution in [1.29, 1.82) is 0 Å². The highest BCUT2D eigenvalue weighted by Gasteiger charge is 2.27. The van der Waals surface area contributed by atoms with Crippen LogP contribution in [0.3, 0.4) is 0 Å². The van der Waals surface area contributed by atoms with Gasteiger partial charge in [0.25, 0.3) is 0 Å². The Hall–Kier alpha value is -1.41. The minimum absolute atomic E-state index is 0.0621. The summed E-state index contributed by atoms with van der Waals surface area (Å²) in [6, 6.07) is 7.59. The van der Waals surface area contributed by atoms with Crippen LogP contribution in [-0.2, 0) is 0 Å². The van der Waals surface area contributed by atoms with Crippen LogP contribution in [0.1, 0.15) is 29.3 Å². The fraction of sp³-hybridized carbons (Fsp3) is 0.133. The number of ketones is 1. The summed E-state index contributed by atoms with van der Waals surface area (Å²) in [6.07, 6.45) is 4.81. The Morgan fingerprint density at radius 1 is 1.35 bits per heavy atom. The highest BCUT2D eigenvalue weighted by molar-refractivity contribution is 9.11. The highest BCUT2D eigenvalue weighted by atomic mass is 79.9. The fourth-order valence-electron chi connectivity index (χ4n) is 1.92. The molecular formula is C15H13BrO. The third kappa shape index (κ3) is 2.18. The van der Waals surface area contributed by atoms with Crippen LogP contribution in [0.5, 0.6) is 0 Å². The van der Waals surface area contributed by atoms with Gasteiger partial charge in [0.05, 0.1) is 0 Å². The number of rotatable bonds is 2. The second kappa shape index (κ2) is 4.84. The van der Waals surface area contributed by atoms with Gasteiger partial charge in [-0.2, -0.15) is 0 Å². The van der Waals surface area contributed by atoms with E-state index in [1.165, 1.54) is 0 Å². The van der Waals surface area contributed by atoms with E-state index in [9.17, 15) is 4.79 Å². The number of fused-ring (bicyclic) bond motifs is 1. The quantitative estimate of drug-likeness (QED) is 0.732. The van der Waals surface area contributed by atoms with E-state index in [-0.39, 0.29) is 5.78 Å². The number of hydrogen-bond acceptors (Lipinski definition) is 1. The number of carbonyl (C=O) groups excluding carboxylic acids is 1. The van der Waals surface area contributed by atoms with Crippen LogP contribution in [-0.4, -0.2) is 5.78 Å². The lowest BCUT2D eigenvalue weighted by Crippen LogP contribution is -1.94. The third-order valence-electron chi connectivity index (χ3n) is 2.75. The Bertz CT molecular complexity index is 513. The third-order valence-corrected chi connectivity index (χ3v) is 3.30. The van der Waals surface area contributed by atoms with Crippen LogP contribution in [0.4, 0.5) is 0 Å². The molecule has 0 N–H and O–H groups in total. The summed E-state index contributed by atoms with van der Waals surface area (Å²) in [6.45, 7) is 6.06. The molecular weight excluding hydrogens is 276 g/mol. The van der Waals surface area contributed by atoms with Gasteiger partial charge in [0.1, 0.15) is 0 Å². The molecule has 1 aliphatic rings. The SMILES string of the molecule is C=C1/C(=C\C(Br)=C/CC)C(=O)c2ccccc21. The summed E-state index contributed by atoms with van der Waals surface area (Å²) >= 11 is 3.44. The number of benzene rings is 1. The van der Waals surface area contributed by atoms with Crippen molar-refractivity contribution in [2.75, 3.05) is 0 Å². The average Bonchev–Trinajstić information content (AvgIpc) is 2.56. The van der Waals surface area contributed by atoms with Gasteiger partial charge in [0, 0.05) is 15.6 Å². The molecule has 0 radical (unpaired) electrons. The van der Waals surface area contributed by atoms with Crippen molar-refractivity contribution in [3.05, 3.63) is 64.2 Å². The molecule has 0 atom stereocenters. The highest BCUT2D eigenvalue weighted by Crippen LogP contribution is 2.36. The summed E-state index contributed by atoms with van der Waals surface area (Å²) in [5.41, 5.74) is 3.19. The first kappa shape index (κ1) is 12.1. The molecule has 86 valence electrons. The molecule has 0 aliphatic heterocycles. The van der Waals surface area contributed by atoms with Crippen molar-refractivity contribution in [3.63, 3.8) is 0 Å². The first-order valence-electron chi connectivity index (χ1n) is 5.56. The maximum Gasteiger partial charge on any atom is 0.194 e. The number of carbonyl (C=O) groups is 1. The number of halogens is 1. The van der Waals surface area contributed by atoms with E-state index in [2.05, 4.69) is 29.4 Å². The molecule has 1 aromatic rings. The van der Waals surface area contributed by atoms with Gasteiger partial charge in [0.15, 0.2) is 5.78 Å². The summed E-state index contributed by atoms with van der Waals surface area (Å²) in [7, 11) is 0. The van der Waals surface area contributed by atoms with E-state index < -0.39 is 0 Å². The van der Waals surface area contributed by atoms with Crippen LogP contribution in [0.25, 0.3) is 5.57 Å². The zero-order valence-electron chi connectivity index (χ0n) is 9.66. The maximum atomic E-state index is 12.2.